The van der Waals surface area contributed by atoms with Gasteiger partial charge in [-0.05, 0) is 63.8 Å². The Morgan fingerprint density at radius 2 is 1.89 bits per heavy atom. The molecule has 0 saturated carbocycles. The van der Waals surface area contributed by atoms with Crippen LogP contribution in [0.2, 0.25) is 0 Å². The summed E-state index contributed by atoms with van der Waals surface area (Å²) >= 11 is 0. The zero-order valence-corrected chi connectivity index (χ0v) is 22.4. The van der Waals surface area contributed by atoms with E-state index in [1.54, 1.807) is 31.2 Å². The lowest BCUT2D eigenvalue weighted by Crippen LogP contribution is -2.57. The molecule has 4 rings (SSSR count). The molecular formula is C28H41N3O6. The number of hydrogen-bond donors (Lipinski definition) is 3. The van der Waals surface area contributed by atoms with Gasteiger partial charge in [0.25, 0.3) is 0 Å². The van der Waals surface area contributed by atoms with Crippen molar-refractivity contribution >= 4 is 23.4 Å². The maximum absolute atomic E-state index is 14.0. The van der Waals surface area contributed by atoms with Crippen molar-refractivity contribution in [1.82, 2.24) is 10.2 Å². The van der Waals surface area contributed by atoms with E-state index in [4.69, 9.17) is 9.47 Å². The van der Waals surface area contributed by atoms with E-state index in [0.29, 0.717) is 43.9 Å². The maximum atomic E-state index is 14.0. The van der Waals surface area contributed by atoms with Crippen LogP contribution in [0.5, 0.6) is 5.75 Å². The number of carbonyl (C=O) groups is 3. The van der Waals surface area contributed by atoms with E-state index in [9.17, 15) is 19.5 Å². The summed E-state index contributed by atoms with van der Waals surface area (Å²) in [7, 11) is 0. The van der Waals surface area contributed by atoms with Crippen LogP contribution in [0.4, 0.5) is 5.69 Å². The second-order valence-electron chi connectivity index (χ2n) is 10.6. The number of benzene rings is 1. The van der Waals surface area contributed by atoms with Crippen LogP contribution in [0.25, 0.3) is 0 Å². The van der Waals surface area contributed by atoms with Crippen molar-refractivity contribution in [1.29, 1.82) is 0 Å². The average molecular weight is 516 g/mol. The summed E-state index contributed by atoms with van der Waals surface area (Å²) in [5, 5.41) is 15.9. The number of amides is 3. The molecule has 0 aliphatic carbocycles. The van der Waals surface area contributed by atoms with E-state index in [2.05, 4.69) is 17.6 Å². The first-order chi connectivity index (χ1) is 17.8. The van der Waals surface area contributed by atoms with Gasteiger partial charge < -0.3 is 30.1 Å². The van der Waals surface area contributed by atoms with E-state index in [0.717, 1.165) is 19.3 Å². The fourth-order valence-corrected chi connectivity index (χ4v) is 6.62. The molecule has 1 spiro atoms. The molecule has 6 atom stereocenters. The number of aliphatic hydroxyl groups excluding tert-OH is 1. The summed E-state index contributed by atoms with van der Waals surface area (Å²) in [5.74, 6) is -1.67. The molecule has 3 aliphatic heterocycles. The number of ether oxygens (including phenoxy) is 2. The standard InChI is InChI=1S/C28H41N3O6/c1-5-8-9-16-29-25(34)23-28-15-14-27(6-2,37-28)21(22(28)26(35)31(23)18(4)17-32)24(33)30-19-10-12-20(13-11-19)36-7-3/h10-13,18,21-23,32H,5-9,14-17H2,1-4H3,(H,29,34)(H,30,33)/t18-,21+,22+,23?,27-,28?/m1/s1. The molecule has 204 valence electrons. The van der Waals surface area contributed by atoms with Crippen LogP contribution in [0, 0.1) is 11.8 Å². The Balaban J connectivity index is 1.65. The fraction of sp³-hybridized carbons (Fsp3) is 0.679. The van der Waals surface area contributed by atoms with E-state index >= 15 is 0 Å². The Kier molecular flexibility index (Phi) is 8.14. The van der Waals surface area contributed by atoms with Crippen molar-refractivity contribution in [3.8, 4) is 5.75 Å². The lowest BCUT2D eigenvalue weighted by molar-refractivity contribution is -0.149. The van der Waals surface area contributed by atoms with Crippen LogP contribution >= 0.6 is 0 Å². The largest absolute Gasteiger partial charge is 0.494 e. The summed E-state index contributed by atoms with van der Waals surface area (Å²) in [5.41, 5.74) is -1.30. The van der Waals surface area contributed by atoms with Crippen molar-refractivity contribution in [2.45, 2.75) is 89.5 Å². The Bertz CT molecular complexity index is 1000. The zero-order valence-electron chi connectivity index (χ0n) is 22.4. The number of carbonyl (C=O) groups excluding carboxylic acids is 3. The quantitative estimate of drug-likeness (QED) is 0.369. The minimum atomic E-state index is -1.09. The molecule has 0 radical (unpaired) electrons. The highest BCUT2D eigenvalue weighted by Gasteiger charge is 2.78. The number of anilines is 1. The molecular weight excluding hydrogens is 474 g/mol. The molecule has 1 aromatic rings. The summed E-state index contributed by atoms with van der Waals surface area (Å²) in [6.07, 6.45) is 4.55. The Morgan fingerprint density at radius 1 is 1.16 bits per heavy atom. The van der Waals surface area contributed by atoms with E-state index in [1.165, 1.54) is 4.90 Å². The van der Waals surface area contributed by atoms with Gasteiger partial charge in [-0.3, -0.25) is 14.4 Å². The number of nitrogens with zero attached hydrogens (tertiary/aromatic N) is 1. The summed E-state index contributed by atoms with van der Waals surface area (Å²) in [6, 6.07) is 5.66. The smallest absolute Gasteiger partial charge is 0.245 e. The predicted molar refractivity (Wildman–Crippen MR) is 139 cm³/mol. The Morgan fingerprint density at radius 3 is 2.51 bits per heavy atom. The third kappa shape index (κ3) is 4.61. The fourth-order valence-electron chi connectivity index (χ4n) is 6.62. The van der Waals surface area contributed by atoms with Crippen molar-refractivity contribution in [3.05, 3.63) is 24.3 Å². The molecule has 3 heterocycles. The van der Waals surface area contributed by atoms with Crippen molar-refractivity contribution in [2.75, 3.05) is 25.1 Å². The molecule has 1 aromatic carbocycles. The van der Waals surface area contributed by atoms with Gasteiger partial charge in [-0.15, -0.1) is 0 Å². The van der Waals surface area contributed by atoms with Crippen LogP contribution in [0.1, 0.15) is 66.2 Å². The number of fused-ring (bicyclic) bond motifs is 1. The minimum absolute atomic E-state index is 0.272. The number of likely N-dealkylation sites (tertiary alicyclic amines) is 1. The van der Waals surface area contributed by atoms with Gasteiger partial charge in [0, 0.05) is 12.2 Å². The van der Waals surface area contributed by atoms with Crippen LogP contribution in [0.15, 0.2) is 24.3 Å². The molecule has 3 amide bonds. The SMILES string of the molecule is CCCCCNC(=O)C1N([C@H](C)CO)C(=O)[C@@H]2[C@@H](C(=O)Nc3ccc(OCC)cc3)[C@@]3(CC)CCC12O3. The van der Waals surface area contributed by atoms with Gasteiger partial charge in [0.2, 0.25) is 17.7 Å². The number of unbranched alkanes of at least 4 members (excludes halogenated alkanes) is 2. The first-order valence-electron chi connectivity index (χ1n) is 13.7. The van der Waals surface area contributed by atoms with Crippen LogP contribution in [0.3, 0.4) is 0 Å². The van der Waals surface area contributed by atoms with Crippen molar-refractivity contribution in [3.63, 3.8) is 0 Å². The molecule has 9 heteroatoms. The molecule has 9 nitrogen and oxygen atoms in total. The number of aliphatic hydroxyl groups is 1. The second-order valence-corrected chi connectivity index (χ2v) is 10.6. The van der Waals surface area contributed by atoms with Crippen molar-refractivity contribution in [2.24, 2.45) is 11.8 Å². The van der Waals surface area contributed by atoms with Gasteiger partial charge in [0.15, 0.2) is 0 Å². The van der Waals surface area contributed by atoms with Crippen LogP contribution < -0.4 is 15.4 Å². The first kappa shape index (κ1) is 27.4. The summed E-state index contributed by atoms with van der Waals surface area (Å²) in [4.78, 5) is 42.8. The maximum Gasteiger partial charge on any atom is 0.245 e. The highest BCUT2D eigenvalue weighted by Crippen LogP contribution is 2.64. The van der Waals surface area contributed by atoms with E-state index < -0.39 is 35.1 Å². The molecule has 2 unspecified atom stereocenters. The van der Waals surface area contributed by atoms with Crippen LogP contribution in [-0.4, -0.2) is 70.8 Å². The van der Waals surface area contributed by atoms with E-state index in [1.807, 2.05) is 13.8 Å². The van der Waals surface area contributed by atoms with Gasteiger partial charge >= 0.3 is 0 Å². The molecule has 3 N–H and O–H groups in total. The van der Waals surface area contributed by atoms with E-state index in [-0.39, 0.29) is 24.3 Å². The molecule has 37 heavy (non-hydrogen) atoms. The highest BCUT2D eigenvalue weighted by molar-refractivity contribution is 6.02. The molecule has 3 fully saturated rings. The molecule has 3 aliphatic rings. The van der Waals surface area contributed by atoms with Gasteiger partial charge in [-0.1, -0.05) is 26.7 Å². The number of hydrogen-bond acceptors (Lipinski definition) is 6. The predicted octanol–water partition coefficient (Wildman–Crippen LogP) is 2.87. The minimum Gasteiger partial charge on any atom is -0.494 e. The average Bonchev–Trinajstić information content (AvgIpc) is 3.51. The van der Waals surface area contributed by atoms with Crippen molar-refractivity contribution < 1.29 is 29.0 Å². The lowest BCUT2D eigenvalue weighted by Gasteiger charge is -2.36. The third-order valence-corrected chi connectivity index (χ3v) is 8.40. The van der Waals surface area contributed by atoms with Crippen LogP contribution in [-0.2, 0) is 19.1 Å². The highest BCUT2D eigenvalue weighted by atomic mass is 16.5. The molecule has 0 aromatic heterocycles. The van der Waals surface area contributed by atoms with Gasteiger partial charge in [0.05, 0.1) is 36.7 Å². The Labute approximate surface area is 219 Å². The Hall–Kier alpha value is -2.65. The van der Waals surface area contributed by atoms with Gasteiger partial charge in [-0.25, -0.2) is 0 Å². The summed E-state index contributed by atoms with van der Waals surface area (Å²) < 4.78 is 12.2. The first-order valence-corrected chi connectivity index (χ1v) is 13.7. The molecule has 3 saturated heterocycles. The zero-order chi connectivity index (χ0) is 26.8. The number of rotatable bonds is 12. The number of nitrogens with one attached hydrogen (secondary N) is 2. The van der Waals surface area contributed by atoms with Gasteiger partial charge in [-0.2, -0.15) is 0 Å². The normalized spacial score (nSPS) is 30.8. The molecule has 2 bridgehead atoms. The third-order valence-electron chi connectivity index (χ3n) is 8.40. The van der Waals surface area contributed by atoms with Gasteiger partial charge in [0.1, 0.15) is 17.4 Å². The lowest BCUT2D eigenvalue weighted by atomic mass is 9.65. The monoisotopic (exact) mass is 515 g/mol. The second kappa shape index (κ2) is 11.0. The summed E-state index contributed by atoms with van der Waals surface area (Å²) in [6.45, 7) is 8.48. The topological polar surface area (TPSA) is 117 Å².